The molecule has 0 bridgehead atoms. The minimum absolute atomic E-state index is 0.00438. The smallest absolute Gasteiger partial charge is 0.272 e. The average Bonchev–Trinajstić information content (AvgIpc) is 3.47. The number of phenols is 1. The third kappa shape index (κ3) is 9.09. The quantitative estimate of drug-likeness (QED) is 0.0972. The molecule has 1 heterocycles. The van der Waals surface area contributed by atoms with Crippen LogP contribution in [0.5, 0.6) is 11.5 Å². The molecular weight excluding hydrogens is 619 g/mol. The second-order valence-electron chi connectivity index (χ2n) is 9.11. The number of methoxy groups -OCH3 is 1. The third-order valence-electron chi connectivity index (χ3n) is 5.99. The molecule has 0 saturated heterocycles. The van der Waals surface area contributed by atoms with E-state index in [1.165, 1.54) is 48.8 Å². The molecule has 13 heteroatoms. The van der Waals surface area contributed by atoms with E-state index in [9.17, 15) is 19.5 Å². The molecule has 0 aliphatic carbocycles. The number of carbonyl (C=O) groups excluding carboxylic acids is 3. The van der Waals surface area contributed by atoms with Gasteiger partial charge in [-0.25, -0.2) is 0 Å². The number of phenolic OH excluding ortho intramolecular Hbond substituents is 1. The van der Waals surface area contributed by atoms with Gasteiger partial charge in [-0.3, -0.25) is 19.7 Å². The average molecular weight is 650 g/mol. The number of amides is 3. The lowest BCUT2D eigenvalue weighted by atomic mass is 10.1. The van der Waals surface area contributed by atoms with Crippen molar-refractivity contribution < 1.29 is 24.2 Å². The van der Waals surface area contributed by atoms with Gasteiger partial charge in [0.15, 0.2) is 0 Å². The van der Waals surface area contributed by atoms with Gasteiger partial charge in [-0.1, -0.05) is 49.9 Å². The molecule has 4 rings (SSSR count). The van der Waals surface area contributed by atoms with Crippen LogP contribution in [-0.2, 0) is 9.59 Å². The summed E-state index contributed by atoms with van der Waals surface area (Å²) in [5.74, 6) is -0.0786. The second-order valence-corrected chi connectivity index (χ2v) is 12.4. The maximum Gasteiger partial charge on any atom is 0.272 e. The van der Waals surface area contributed by atoms with Crippen molar-refractivity contribution in [2.75, 3.05) is 23.5 Å². The summed E-state index contributed by atoms with van der Waals surface area (Å²) in [5, 5.41) is 18.9. The zero-order chi connectivity index (χ0) is 31.5. The Labute approximate surface area is 267 Å². The Balaban J connectivity index is 1.52. The zero-order valence-corrected chi connectivity index (χ0v) is 26.6. The summed E-state index contributed by atoms with van der Waals surface area (Å²) in [6.07, 6.45) is 2.04. The van der Waals surface area contributed by atoms with Gasteiger partial charge in [-0.2, -0.15) is 9.36 Å². The van der Waals surface area contributed by atoms with Gasteiger partial charge in [0, 0.05) is 39.3 Å². The van der Waals surface area contributed by atoms with Crippen molar-refractivity contribution in [3.8, 4) is 11.5 Å². The van der Waals surface area contributed by atoms with Gasteiger partial charge >= 0.3 is 0 Å². The normalized spacial score (nSPS) is 11.8. The molecule has 1 unspecified atom stereocenters. The van der Waals surface area contributed by atoms with E-state index in [-0.39, 0.29) is 17.4 Å². The van der Waals surface area contributed by atoms with E-state index in [0.29, 0.717) is 39.3 Å². The standard InChI is InChI=1S/C31H31N5O5S3/c1-4-26(29(40)34-30-35-31(36-44-30)42-5-2)43-23-13-9-12-21(17-23)32-28(39)24(33-27(38)19-10-7-6-8-11-19)16-20-14-15-22(37)18-25(20)41-3/h6-18,26,37H,4-5H2,1-3H3,(H,32,39)(H,33,38)(H,34,35,36,40)/b24-16+. The predicted molar refractivity (Wildman–Crippen MR) is 176 cm³/mol. The lowest BCUT2D eigenvalue weighted by molar-refractivity contribution is -0.116. The highest BCUT2D eigenvalue weighted by atomic mass is 32.2. The molecule has 0 aliphatic rings. The summed E-state index contributed by atoms with van der Waals surface area (Å²) in [6, 6.07) is 20.1. The molecule has 3 aromatic carbocycles. The molecule has 0 spiro atoms. The Hall–Kier alpha value is -4.33. The van der Waals surface area contributed by atoms with Crippen LogP contribution < -0.4 is 20.7 Å². The van der Waals surface area contributed by atoms with E-state index >= 15 is 0 Å². The van der Waals surface area contributed by atoms with Crippen LogP contribution in [-0.4, -0.2) is 50.3 Å². The number of ether oxygens (including phenoxy) is 1. The van der Waals surface area contributed by atoms with Crippen molar-refractivity contribution in [2.45, 2.75) is 35.6 Å². The Kier molecular flexibility index (Phi) is 11.8. The van der Waals surface area contributed by atoms with Gasteiger partial charge in [0.25, 0.3) is 11.8 Å². The number of hydrogen-bond donors (Lipinski definition) is 4. The number of anilines is 2. The number of carbonyl (C=O) groups is 3. The molecule has 4 aromatic rings. The highest BCUT2D eigenvalue weighted by molar-refractivity contribution is 8.00. The minimum atomic E-state index is -0.576. The second kappa shape index (κ2) is 15.9. The summed E-state index contributed by atoms with van der Waals surface area (Å²) in [6.45, 7) is 3.93. The first-order valence-electron chi connectivity index (χ1n) is 13.6. The molecular formula is C31H31N5O5S3. The Morgan fingerprint density at radius 2 is 1.82 bits per heavy atom. The van der Waals surface area contributed by atoms with E-state index < -0.39 is 17.1 Å². The number of aromatic hydroxyl groups is 1. The first kappa shape index (κ1) is 32.6. The maximum absolute atomic E-state index is 13.5. The van der Waals surface area contributed by atoms with E-state index in [2.05, 4.69) is 25.3 Å². The number of benzene rings is 3. The van der Waals surface area contributed by atoms with E-state index in [0.717, 1.165) is 22.2 Å². The van der Waals surface area contributed by atoms with Crippen LogP contribution >= 0.6 is 35.1 Å². The van der Waals surface area contributed by atoms with E-state index in [4.69, 9.17) is 4.74 Å². The molecule has 44 heavy (non-hydrogen) atoms. The number of aromatic nitrogens is 2. The lowest BCUT2D eigenvalue weighted by Gasteiger charge is -2.15. The fourth-order valence-electron chi connectivity index (χ4n) is 3.88. The van der Waals surface area contributed by atoms with Crippen LogP contribution in [0.4, 0.5) is 10.8 Å². The SMILES string of the molecule is CCSc1nsc(NC(=O)C(CC)Sc2cccc(NC(=O)/C(=C\c3ccc(O)cc3OC)NC(=O)c3ccccc3)c2)n1. The van der Waals surface area contributed by atoms with Gasteiger partial charge in [0.1, 0.15) is 17.2 Å². The van der Waals surface area contributed by atoms with Crippen molar-refractivity contribution in [1.82, 2.24) is 14.7 Å². The van der Waals surface area contributed by atoms with Gasteiger partial charge in [0.2, 0.25) is 16.2 Å². The number of rotatable bonds is 13. The number of nitrogens with one attached hydrogen (secondary N) is 3. The molecule has 1 atom stereocenters. The van der Waals surface area contributed by atoms with Gasteiger partial charge in [-0.15, -0.1) is 11.8 Å². The Morgan fingerprint density at radius 3 is 2.55 bits per heavy atom. The first-order valence-corrected chi connectivity index (χ1v) is 16.2. The molecule has 228 valence electrons. The summed E-state index contributed by atoms with van der Waals surface area (Å²) in [7, 11) is 1.44. The number of hydrogen-bond acceptors (Lipinski definition) is 10. The largest absolute Gasteiger partial charge is 0.508 e. The van der Waals surface area contributed by atoms with Gasteiger partial charge in [-0.05, 0) is 60.7 Å². The van der Waals surface area contributed by atoms with Crippen LogP contribution in [0, 0.1) is 0 Å². The highest BCUT2D eigenvalue weighted by Gasteiger charge is 2.21. The molecule has 4 N–H and O–H groups in total. The number of nitrogens with zero attached hydrogens (tertiary/aromatic N) is 2. The van der Waals surface area contributed by atoms with E-state index in [1.807, 2.05) is 19.9 Å². The molecule has 3 amide bonds. The van der Waals surface area contributed by atoms with Crippen LogP contribution in [0.25, 0.3) is 6.08 Å². The maximum atomic E-state index is 13.5. The van der Waals surface area contributed by atoms with Crippen molar-refractivity contribution in [1.29, 1.82) is 0 Å². The molecule has 0 radical (unpaired) electrons. The minimum Gasteiger partial charge on any atom is -0.508 e. The van der Waals surface area contributed by atoms with Crippen LogP contribution in [0.3, 0.4) is 0 Å². The van der Waals surface area contributed by atoms with Gasteiger partial charge in [0.05, 0.1) is 12.4 Å². The van der Waals surface area contributed by atoms with Gasteiger partial charge < -0.3 is 20.5 Å². The molecule has 0 aliphatic heterocycles. The fourth-order valence-corrected chi connectivity index (χ4v) is 6.17. The summed E-state index contributed by atoms with van der Waals surface area (Å²) >= 11 is 4.01. The molecule has 1 aromatic heterocycles. The van der Waals surface area contributed by atoms with Crippen LogP contribution in [0.2, 0.25) is 0 Å². The van der Waals surface area contributed by atoms with Crippen molar-refractivity contribution in [2.24, 2.45) is 0 Å². The van der Waals surface area contributed by atoms with E-state index in [1.54, 1.807) is 54.6 Å². The Morgan fingerprint density at radius 1 is 1.02 bits per heavy atom. The van der Waals surface area contributed by atoms with Crippen molar-refractivity contribution in [3.05, 3.63) is 89.6 Å². The third-order valence-corrected chi connectivity index (χ3v) is 8.82. The van der Waals surface area contributed by atoms with Crippen molar-refractivity contribution in [3.63, 3.8) is 0 Å². The predicted octanol–water partition coefficient (Wildman–Crippen LogP) is 6.28. The number of thioether (sulfide) groups is 2. The monoisotopic (exact) mass is 649 g/mol. The fraction of sp³-hybridized carbons (Fsp3) is 0.194. The lowest BCUT2D eigenvalue weighted by Crippen LogP contribution is -2.30. The Bertz CT molecular complexity index is 1640. The van der Waals surface area contributed by atoms with Crippen LogP contribution in [0.15, 0.2) is 88.5 Å². The topological polar surface area (TPSA) is 143 Å². The van der Waals surface area contributed by atoms with Crippen molar-refractivity contribution >= 4 is 69.7 Å². The highest BCUT2D eigenvalue weighted by Crippen LogP contribution is 2.30. The summed E-state index contributed by atoms with van der Waals surface area (Å²) in [4.78, 5) is 44.6. The zero-order valence-electron chi connectivity index (χ0n) is 24.2. The first-order chi connectivity index (χ1) is 21.3. The molecule has 0 fully saturated rings. The molecule has 0 saturated carbocycles. The van der Waals surface area contributed by atoms with Crippen LogP contribution in [0.1, 0.15) is 36.2 Å². The summed E-state index contributed by atoms with van der Waals surface area (Å²) < 4.78 is 9.59. The molecule has 10 nitrogen and oxygen atoms in total. The summed E-state index contributed by atoms with van der Waals surface area (Å²) in [5.41, 5.74) is 1.28.